The molecule has 1 rings (SSSR count). The Balaban J connectivity index is 2.23. The van der Waals surface area contributed by atoms with Crippen LogP contribution in [0, 0.1) is 11.3 Å². The molecule has 0 saturated carbocycles. The van der Waals surface area contributed by atoms with Gasteiger partial charge in [0.15, 0.2) is 0 Å². The summed E-state index contributed by atoms with van der Waals surface area (Å²) >= 11 is 1.73. The second kappa shape index (κ2) is 11.4. The van der Waals surface area contributed by atoms with Gasteiger partial charge in [0.2, 0.25) is 11.8 Å². The molecular weight excluding hydrogens is 356 g/mol. The first-order valence-electron chi connectivity index (χ1n) is 9.84. The van der Waals surface area contributed by atoms with Crippen LogP contribution in [0.2, 0.25) is 0 Å². The maximum absolute atomic E-state index is 12.3. The fraction of sp³-hybridized carbons (Fsp3) is 0.636. The van der Waals surface area contributed by atoms with E-state index in [0.29, 0.717) is 19.0 Å². The fourth-order valence-electron chi connectivity index (χ4n) is 2.57. The third-order valence-electron chi connectivity index (χ3n) is 4.28. The highest BCUT2D eigenvalue weighted by molar-refractivity contribution is 7.99. The molecule has 4 nitrogen and oxygen atoms in total. The minimum Gasteiger partial charge on any atom is -0.355 e. The van der Waals surface area contributed by atoms with Gasteiger partial charge in [0.05, 0.1) is 5.92 Å². The fourth-order valence-corrected chi connectivity index (χ4v) is 3.27. The van der Waals surface area contributed by atoms with Crippen LogP contribution in [0.15, 0.2) is 24.3 Å². The van der Waals surface area contributed by atoms with Crippen molar-refractivity contribution in [3.8, 4) is 0 Å². The van der Waals surface area contributed by atoms with Crippen molar-refractivity contribution in [2.45, 2.75) is 53.9 Å². The molecule has 0 radical (unpaired) electrons. The minimum absolute atomic E-state index is 0.0632. The molecule has 0 aliphatic rings. The third kappa shape index (κ3) is 9.32. The average molecular weight is 393 g/mol. The van der Waals surface area contributed by atoms with E-state index in [9.17, 15) is 9.59 Å². The molecule has 1 aromatic carbocycles. The van der Waals surface area contributed by atoms with Crippen LogP contribution in [-0.2, 0) is 16.0 Å². The summed E-state index contributed by atoms with van der Waals surface area (Å²) in [7, 11) is 0. The van der Waals surface area contributed by atoms with Crippen LogP contribution in [0.3, 0.4) is 0 Å². The summed E-state index contributed by atoms with van der Waals surface area (Å²) in [5.74, 6) is 2.32. The monoisotopic (exact) mass is 392 g/mol. The van der Waals surface area contributed by atoms with Gasteiger partial charge in [-0.25, -0.2) is 0 Å². The quantitative estimate of drug-likeness (QED) is 0.592. The molecule has 1 unspecified atom stereocenters. The van der Waals surface area contributed by atoms with Crippen molar-refractivity contribution in [1.29, 1.82) is 0 Å². The Hall–Kier alpha value is -1.49. The Bertz CT molecular complexity index is 591. The number of hydrogen-bond acceptors (Lipinski definition) is 3. The van der Waals surface area contributed by atoms with Crippen molar-refractivity contribution >= 4 is 23.6 Å². The van der Waals surface area contributed by atoms with Crippen molar-refractivity contribution < 1.29 is 9.59 Å². The first-order chi connectivity index (χ1) is 12.6. The van der Waals surface area contributed by atoms with Gasteiger partial charge in [0, 0.05) is 30.0 Å². The van der Waals surface area contributed by atoms with Gasteiger partial charge < -0.3 is 10.6 Å². The van der Waals surface area contributed by atoms with Crippen LogP contribution in [0.5, 0.6) is 0 Å². The van der Waals surface area contributed by atoms with E-state index < -0.39 is 0 Å². The molecule has 5 heteroatoms. The molecule has 152 valence electrons. The minimum atomic E-state index is -0.345. The summed E-state index contributed by atoms with van der Waals surface area (Å²) in [4.78, 5) is 24.1. The molecule has 0 aromatic heterocycles. The average Bonchev–Trinajstić information content (AvgIpc) is 2.59. The molecule has 1 aromatic rings. The van der Waals surface area contributed by atoms with Crippen molar-refractivity contribution in [3.05, 3.63) is 35.4 Å². The van der Waals surface area contributed by atoms with E-state index in [4.69, 9.17) is 0 Å². The first kappa shape index (κ1) is 23.5. The van der Waals surface area contributed by atoms with Gasteiger partial charge >= 0.3 is 0 Å². The molecule has 27 heavy (non-hydrogen) atoms. The van der Waals surface area contributed by atoms with Crippen molar-refractivity contribution in [3.63, 3.8) is 0 Å². The van der Waals surface area contributed by atoms with Gasteiger partial charge in [-0.3, -0.25) is 9.59 Å². The van der Waals surface area contributed by atoms with Crippen LogP contribution < -0.4 is 10.6 Å². The molecule has 0 saturated heterocycles. The smallest absolute Gasteiger partial charge is 0.227 e. The Kier molecular flexibility index (Phi) is 9.92. The number of carbonyl (C=O) groups excluding carboxylic acids is 2. The summed E-state index contributed by atoms with van der Waals surface area (Å²) in [5, 5.41) is 5.94. The highest BCUT2D eigenvalue weighted by Gasteiger charge is 2.20. The van der Waals surface area contributed by atoms with E-state index in [0.717, 1.165) is 23.5 Å². The highest BCUT2D eigenvalue weighted by Crippen LogP contribution is 2.18. The second-order valence-electron chi connectivity index (χ2n) is 8.47. The molecule has 1 atom stereocenters. The Labute approximate surface area is 169 Å². The van der Waals surface area contributed by atoms with Gasteiger partial charge in [-0.05, 0) is 30.4 Å². The second-order valence-corrected chi connectivity index (χ2v) is 9.70. The van der Waals surface area contributed by atoms with Gasteiger partial charge in [0.25, 0.3) is 0 Å². The Morgan fingerprint density at radius 1 is 0.963 bits per heavy atom. The van der Waals surface area contributed by atoms with Crippen LogP contribution in [0.1, 0.15) is 58.6 Å². The molecule has 0 fully saturated rings. The topological polar surface area (TPSA) is 58.2 Å². The lowest BCUT2D eigenvalue weighted by atomic mass is 9.96. The van der Waals surface area contributed by atoms with E-state index >= 15 is 0 Å². The van der Waals surface area contributed by atoms with Gasteiger partial charge in [-0.2, -0.15) is 11.8 Å². The van der Waals surface area contributed by atoms with Crippen molar-refractivity contribution in [2.75, 3.05) is 24.6 Å². The number of hydrogen-bond donors (Lipinski definition) is 2. The maximum atomic E-state index is 12.3. The van der Waals surface area contributed by atoms with Crippen molar-refractivity contribution in [2.24, 2.45) is 11.3 Å². The zero-order valence-electron chi connectivity index (χ0n) is 17.7. The number of rotatable bonds is 10. The lowest BCUT2D eigenvalue weighted by Gasteiger charge is -2.17. The van der Waals surface area contributed by atoms with E-state index in [2.05, 4.69) is 48.7 Å². The van der Waals surface area contributed by atoms with E-state index in [-0.39, 0.29) is 23.1 Å². The Morgan fingerprint density at radius 3 is 2.04 bits per heavy atom. The maximum Gasteiger partial charge on any atom is 0.227 e. The molecular formula is C22H36N2O2S. The predicted molar refractivity (Wildman–Crippen MR) is 116 cm³/mol. The largest absolute Gasteiger partial charge is 0.355 e. The molecule has 0 aliphatic heterocycles. The van der Waals surface area contributed by atoms with E-state index in [1.807, 2.05) is 27.7 Å². The number of benzene rings is 1. The van der Waals surface area contributed by atoms with Crippen LogP contribution in [-0.4, -0.2) is 36.4 Å². The highest BCUT2D eigenvalue weighted by atomic mass is 32.2. The summed E-state index contributed by atoms with van der Waals surface area (Å²) in [6.45, 7) is 13.4. The summed E-state index contributed by atoms with van der Waals surface area (Å²) in [5.41, 5.74) is 2.02. The number of carbonyl (C=O) groups is 2. The van der Waals surface area contributed by atoms with E-state index in [1.54, 1.807) is 11.8 Å². The predicted octanol–water partition coefficient (Wildman–Crippen LogP) is 4.00. The summed E-state index contributed by atoms with van der Waals surface area (Å²) < 4.78 is 0. The zero-order valence-corrected chi connectivity index (χ0v) is 18.5. The number of amides is 2. The number of thioether (sulfide) groups is 1. The van der Waals surface area contributed by atoms with Gasteiger partial charge in [-0.1, -0.05) is 58.9 Å². The molecule has 2 N–H and O–H groups in total. The normalized spacial score (nSPS) is 12.7. The first-order valence-corrected chi connectivity index (χ1v) is 11.0. The summed E-state index contributed by atoms with van der Waals surface area (Å²) in [6, 6.07) is 8.38. The third-order valence-corrected chi connectivity index (χ3v) is 5.26. The number of nitrogens with one attached hydrogen (secondary N) is 2. The Morgan fingerprint density at radius 2 is 1.52 bits per heavy atom. The molecule has 0 aliphatic carbocycles. The van der Waals surface area contributed by atoms with E-state index in [1.165, 1.54) is 5.56 Å². The molecule has 0 heterocycles. The van der Waals surface area contributed by atoms with Gasteiger partial charge in [0.1, 0.15) is 0 Å². The zero-order chi connectivity index (χ0) is 20.4. The lowest BCUT2D eigenvalue weighted by molar-refractivity contribution is -0.128. The van der Waals surface area contributed by atoms with Crippen LogP contribution >= 0.6 is 11.8 Å². The van der Waals surface area contributed by atoms with Crippen LogP contribution in [0.4, 0.5) is 0 Å². The lowest BCUT2D eigenvalue weighted by Crippen LogP contribution is -2.36. The molecule has 2 amide bonds. The molecule has 0 bridgehead atoms. The summed E-state index contributed by atoms with van der Waals surface area (Å²) in [6.07, 6.45) is 1.06. The standard InChI is InChI=1S/C22H36N2O2S/c1-16(2)15-18-7-9-19(10-8-18)17(3)20(25)23-11-13-27-14-12-24-21(26)22(4,5)6/h7-10,16-17H,11-15H2,1-6H3,(H,23,25)(H,24,26). The molecule has 0 spiro atoms. The van der Waals surface area contributed by atoms with Gasteiger partial charge in [-0.15, -0.1) is 0 Å². The SMILES string of the molecule is CC(C)Cc1ccc(C(C)C(=O)NCCSCCNC(=O)C(C)(C)C)cc1. The van der Waals surface area contributed by atoms with Crippen LogP contribution in [0.25, 0.3) is 0 Å². The van der Waals surface area contributed by atoms with Crippen molar-refractivity contribution in [1.82, 2.24) is 10.6 Å².